The van der Waals surface area contributed by atoms with Crippen LogP contribution in [0.4, 0.5) is 0 Å². The van der Waals surface area contributed by atoms with Crippen LogP contribution in [0.2, 0.25) is 0 Å². The van der Waals surface area contributed by atoms with Crippen molar-refractivity contribution >= 4 is 22.4 Å². The van der Waals surface area contributed by atoms with Gasteiger partial charge in [0, 0.05) is 5.56 Å². The summed E-state index contributed by atoms with van der Waals surface area (Å²) in [5.41, 5.74) is 5.20. The van der Waals surface area contributed by atoms with Crippen LogP contribution in [0.3, 0.4) is 0 Å². The maximum atomic E-state index is 12.8. The van der Waals surface area contributed by atoms with Crippen molar-refractivity contribution in [3.8, 4) is 22.5 Å². The molecule has 0 aliphatic rings. The van der Waals surface area contributed by atoms with Gasteiger partial charge in [-0.25, -0.2) is 0 Å². The van der Waals surface area contributed by atoms with Crippen molar-refractivity contribution in [1.82, 2.24) is 14.6 Å². The topological polar surface area (TPSA) is 47.3 Å². The number of hydrogen-bond acceptors (Lipinski definition) is 4. The van der Waals surface area contributed by atoms with Gasteiger partial charge in [0.2, 0.25) is 4.96 Å². The van der Waals surface area contributed by atoms with Crippen LogP contribution in [0.15, 0.2) is 83.7 Å². The maximum absolute atomic E-state index is 12.8. The molecule has 0 aliphatic carbocycles. The minimum absolute atomic E-state index is 0.135. The number of thiazole rings is 1. The molecule has 0 saturated carbocycles. The average Bonchev–Trinajstić information content (AvgIpc) is 3.29. The molecule has 0 unspecified atom stereocenters. The van der Waals surface area contributed by atoms with E-state index in [2.05, 4.69) is 34.3 Å². The van der Waals surface area contributed by atoms with Gasteiger partial charge < -0.3 is 0 Å². The number of nitrogens with zero attached hydrogens (tertiary/aromatic N) is 3. The van der Waals surface area contributed by atoms with Crippen LogP contribution in [0.25, 0.3) is 33.6 Å². The molecule has 5 heteroatoms. The molecule has 0 spiro atoms. The van der Waals surface area contributed by atoms with Crippen LogP contribution >= 0.6 is 11.3 Å². The van der Waals surface area contributed by atoms with Crippen LogP contribution in [-0.2, 0) is 0 Å². The van der Waals surface area contributed by atoms with Crippen LogP contribution in [0.1, 0.15) is 11.1 Å². The highest BCUT2D eigenvalue weighted by molar-refractivity contribution is 7.15. The third kappa shape index (κ3) is 3.26. The summed E-state index contributed by atoms with van der Waals surface area (Å²) in [7, 11) is 0. The van der Waals surface area contributed by atoms with Gasteiger partial charge in [-0.1, -0.05) is 90.2 Å². The summed E-state index contributed by atoms with van der Waals surface area (Å²) in [5, 5.41) is 4.44. The van der Waals surface area contributed by atoms with Gasteiger partial charge in [0.25, 0.3) is 5.56 Å². The first-order chi connectivity index (χ1) is 14.2. The minimum atomic E-state index is -0.135. The molecule has 2 aromatic heterocycles. The first kappa shape index (κ1) is 17.5. The molecule has 5 rings (SSSR count). The number of aromatic nitrogens is 3. The average molecular weight is 395 g/mol. The van der Waals surface area contributed by atoms with E-state index in [1.54, 1.807) is 0 Å². The molecule has 0 atom stereocenters. The molecule has 0 bridgehead atoms. The second kappa shape index (κ2) is 7.11. The van der Waals surface area contributed by atoms with E-state index >= 15 is 0 Å². The normalized spacial score (nSPS) is 12.0. The molecular weight excluding hydrogens is 378 g/mol. The van der Waals surface area contributed by atoms with E-state index in [-0.39, 0.29) is 5.56 Å². The largest absolute Gasteiger partial charge is 0.291 e. The standard InChI is InChI=1S/C24H17N3OS/c1-16-7-5-6-10-20(16)22-25-24-27(26-22)23(28)21(29-24)15-17-11-13-19(14-12-17)18-8-3-2-4-9-18/h2-15H,1H3/b21-15-. The lowest BCUT2D eigenvalue weighted by atomic mass is 10.0. The summed E-state index contributed by atoms with van der Waals surface area (Å²) in [6.45, 7) is 2.01. The van der Waals surface area contributed by atoms with Crippen LogP contribution < -0.4 is 10.1 Å². The fourth-order valence-corrected chi connectivity index (χ4v) is 4.23. The SMILES string of the molecule is Cc1ccccc1-c1nc2s/c(=C\c3ccc(-c4ccccc4)cc3)c(=O)n2n1. The van der Waals surface area contributed by atoms with Crippen molar-refractivity contribution in [2.24, 2.45) is 0 Å². The Morgan fingerprint density at radius 3 is 2.28 bits per heavy atom. The van der Waals surface area contributed by atoms with E-state index in [1.165, 1.54) is 21.4 Å². The van der Waals surface area contributed by atoms with Crippen LogP contribution in [0, 0.1) is 6.92 Å². The third-order valence-corrected chi connectivity index (χ3v) is 5.84. The zero-order valence-corrected chi connectivity index (χ0v) is 16.6. The van der Waals surface area contributed by atoms with E-state index in [4.69, 9.17) is 0 Å². The fourth-order valence-electron chi connectivity index (χ4n) is 3.33. The molecule has 5 aromatic rings. The second-order valence-electron chi connectivity index (χ2n) is 6.85. The van der Waals surface area contributed by atoms with Crippen molar-refractivity contribution in [3.63, 3.8) is 0 Å². The Labute approximate surface area is 171 Å². The predicted octanol–water partition coefficient (Wildman–Crippen LogP) is 4.34. The molecule has 4 nitrogen and oxygen atoms in total. The van der Waals surface area contributed by atoms with Gasteiger partial charge in [0.15, 0.2) is 5.82 Å². The Hall–Kier alpha value is -3.57. The number of fused-ring (bicyclic) bond motifs is 1. The van der Waals surface area contributed by atoms with E-state index < -0.39 is 0 Å². The zero-order valence-electron chi connectivity index (χ0n) is 15.7. The van der Waals surface area contributed by atoms with Gasteiger partial charge >= 0.3 is 0 Å². The molecule has 0 fully saturated rings. The summed E-state index contributed by atoms with van der Waals surface area (Å²) in [6, 6.07) is 26.3. The second-order valence-corrected chi connectivity index (χ2v) is 7.86. The third-order valence-electron chi connectivity index (χ3n) is 4.88. The number of aryl methyl sites for hydroxylation is 1. The predicted molar refractivity (Wildman–Crippen MR) is 118 cm³/mol. The van der Waals surface area contributed by atoms with Gasteiger partial charge in [-0.3, -0.25) is 4.79 Å². The Morgan fingerprint density at radius 2 is 1.55 bits per heavy atom. The van der Waals surface area contributed by atoms with Gasteiger partial charge in [0.05, 0.1) is 4.53 Å². The first-order valence-electron chi connectivity index (χ1n) is 9.32. The smallest absolute Gasteiger partial charge is 0.266 e. The molecule has 0 radical (unpaired) electrons. The molecule has 2 heterocycles. The summed E-state index contributed by atoms with van der Waals surface area (Å²) in [5.74, 6) is 0.588. The highest BCUT2D eigenvalue weighted by Crippen LogP contribution is 2.21. The Bertz CT molecular complexity index is 1420. The molecule has 29 heavy (non-hydrogen) atoms. The summed E-state index contributed by atoms with van der Waals surface area (Å²) >= 11 is 1.36. The van der Waals surface area contributed by atoms with Crippen LogP contribution in [-0.4, -0.2) is 14.6 Å². The lowest BCUT2D eigenvalue weighted by Crippen LogP contribution is -2.23. The zero-order chi connectivity index (χ0) is 19.8. The minimum Gasteiger partial charge on any atom is -0.266 e. The summed E-state index contributed by atoms with van der Waals surface area (Å²) in [6.07, 6.45) is 1.89. The molecular formula is C24H17N3OS. The van der Waals surface area contributed by atoms with E-state index in [1.807, 2.05) is 67.6 Å². The van der Waals surface area contributed by atoms with Gasteiger partial charge in [-0.2, -0.15) is 9.50 Å². The van der Waals surface area contributed by atoms with E-state index in [0.29, 0.717) is 15.3 Å². The monoisotopic (exact) mass is 395 g/mol. The maximum Gasteiger partial charge on any atom is 0.291 e. The molecule has 3 aromatic carbocycles. The first-order valence-corrected chi connectivity index (χ1v) is 10.1. The molecule has 140 valence electrons. The lowest BCUT2D eigenvalue weighted by Gasteiger charge is -2.01. The summed E-state index contributed by atoms with van der Waals surface area (Å²) in [4.78, 5) is 18.0. The van der Waals surface area contributed by atoms with Crippen molar-refractivity contribution in [3.05, 3.63) is 105 Å². The van der Waals surface area contributed by atoms with Crippen molar-refractivity contribution in [2.75, 3.05) is 0 Å². The summed E-state index contributed by atoms with van der Waals surface area (Å²) < 4.78 is 2.03. The van der Waals surface area contributed by atoms with E-state index in [0.717, 1.165) is 22.3 Å². The highest BCUT2D eigenvalue weighted by atomic mass is 32.1. The van der Waals surface area contributed by atoms with Crippen molar-refractivity contribution in [1.29, 1.82) is 0 Å². The Kier molecular flexibility index (Phi) is 4.30. The van der Waals surface area contributed by atoms with Gasteiger partial charge in [-0.05, 0) is 35.3 Å². The highest BCUT2D eigenvalue weighted by Gasteiger charge is 2.13. The number of hydrogen-bond donors (Lipinski definition) is 0. The molecule has 0 saturated heterocycles. The number of benzene rings is 3. The fraction of sp³-hybridized carbons (Fsp3) is 0.0417. The molecule has 0 N–H and O–H groups in total. The Morgan fingerprint density at radius 1 is 0.862 bits per heavy atom. The Balaban J connectivity index is 1.51. The quantitative estimate of drug-likeness (QED) is 0.457. The van der Waals surface area contributed by atoms with Crippen molar-refractivity contribution in [2.45, 2.75) is 6.92 Å². The van der Waals surface area contributed by atoms with Crippen LogP contribution in [0.5, 0.6) is 0 Å². The lowest BCUT2D eigenvalue weighted by molar-refractivity contribution is 0.936. The van der Waals surface area contributed by atoms with E-state index in [9.17, 15) is 4.79 Å². The van der Waals surface area contributed by atoms with Gasteiger partial charge in [0.1, 0.15) is 0 Å². The van der Waals surface area contributed by atoms with Gasteiger partial charge in [-0.15, -0.1) is 5.10 Å². The molecule has 0 amide bonds. The molecule has 0 aliphatic heterocycles. The van der Waals surface area contributed by atoms with Crippen molar-refractivity contribution < 1.29 is 0 Å². The number of rotatable bonds is 3.